The van der Waals surface area contributed by atoms with Gasteiger partial charge in [-0.15, -0.1) is 6.58 Å². The Morgan fingerprint density at radius 3 is 2.52 bits per heavy atom. The first-order valence-electron chi connectivity index (χ1n) is 9.98. The number of fused-ring (bicyclic) bond motifs is 1. The minimum Gasteiger partial charge on any atom is -0.542 e. The zero-order chi connectivity index (χ0) is 21.4. The van der Waals surface area contributed by atoms with Crippen LogP contribution in [0, 0.1) is 11.3 Å². The molecule has 1 aromatic carbocycles. The van der Waals surface area contributed by atoms with E-state index in [1.807, 2.05) is 30.4 Å². The van der Waals surface area contributed by atoms with Crippen LogP contribution in [0.1, 0.15) is 31.4 Å². The van der Waals surface area contributed by atoms with E-state index in [0.29, 0.717) is 35.9 Å². The Hall–Kier alpha value is -2.34. The van der Waals surface area contributed by atoms with Crippen LogP contribution in [0.4, 0.5) is 0 Å². The summed E-state index contributed by atoms with van der Waals surface area (Å²) < 4.78 is 23.5. The molecule has 5 nitrogen and oxygen atoms in total. The number of ether oxygens (including phenoxy) is 3. The molecule has 158 valence electrons. The van der Waals surface area contributed by atoms with E-state index in [1.54, 1.807) is 14.2 Å². The van der Waals surface area contributed by atoms with Gasteiger partial charge in [-0.1, -0.05) is 19.1 Å². The Bertz CT molecular complexity index is 851. The van der Waals surface area contributed by atoms with Gasteiger partial charge >= 0.3 is 0 Å². The minimum atomic E-state index is -1.86. The highest BCUT2D eigenvalue weighted by molar-refractivity contribution is 6.70. The molecule has 1 aliphatic heterocycles. The fraction of sp³-hybridized carbons (Fsp3) is 0.478. The number of allylic oxidation sites excluding steroid dienone is 4. The first-order valence-corrected chi connectivity index (χ1v) is 13.4. The maximum absolute atomic E-state index is 10.8. The van der Waals surface area contributed by atoms with E-state index in [-0.39, 0.29) is 17.4 Å². The predicted octanol–water partition coefficient (Wildman–Crippen LogP) is 5.88. The number of rotatable bonds is 7. The number of aliphatic hydroxyl groups is 1. The van der Waals surface area contributed by atoms with Crippen molar-refractivity contribution < 1.29 is 23.7 Å². The minimum absolute atomic E-state index is 0.125. The third-order valence-corrected chi connectivity index (χ3v) is 6.59. The van der Waals surface area contributed by atoms with E-state index in [2.05, 4.69) is 33.1 Å². The maximum Gasteiger partial charge on any atom is 0.242 e. The van der Waals surface area contributed by atoms with E-state index in [4.69, 9.17) is 18.6 Å². The molecule has 29 heavy (non-hydrogen) atoms. The molecule has 3 rings (SSSR count). The first kappa shape index (κ1) is 21.4. The summed E-state index contributed by atoms with van der Waals surface area (Å²) in [6, 6.07) is 5.87. The highest BCUT2D eigenvalue weighted by Crippen LogP contribution is 2.60. The third kappa shape index (κ3) is 3.90. The largest absolute Gasteiger partial charge is 0.542 e. The lowest BCUT2D eigenvalue weighted by Crippen LogP contribution is -2.32. The van der Waals surface area contributed by atoms with Gasteiger partial charge in [0.2, 0.25) is 8.32 Å². The first-order chi connectivity index (χ1) is 13.6. The van der Waals surface area contributed by atoms with Crippen molar-refractivity contribution in [2.24, 2.45) is 11.3 Å². The fourth-order valence-corrected chi connectivity index (χ4v) is 5.14. The molecule has 1 heterocycles. The molecule has 0 bridgehead atoms. The molecule has 0 aromatic heterocycles. The fourth-order valence-electron chi connectivity index (χ4n) is 4.31. The smallest absolute Gasteiger partial charge is 0.242 e. The third-order valence-electron chi connectivity index (χ3n) is 5.76. The number of benzene rings is 1. The van der Waals surface area contributed by atoms with Crippen molar-refractivity contribution in [3.63, 3.8) is 0 Å². The molecule has 1 saturated heterocycles. The van der Waals surface area contributed by atoms with Crippen LogP contribution in [0.2, 0.25) is 19.6 Å². The monoisotopic (exact) mass is 416 g/mol. The zero-order valence-electron chi connectivity index (χ0n) is 18.2. The topological polar surface area (TPSA) is 57.2 Å². The normalized spacial score (nSPS) is 26.3. The van der Waals surface area contributed by atoms with Crippen LogP contribution in [-0.2, 0) is 9.16 Å². The Morgan fingerprint density at radius 1 is 1.24 bits per heavy atom. The SMILES string of the molecule is C=CC[C@]12CC(O)=C(O[Si](C)(C)C)C=C1O[C@@H](c1ccc(OC)c(OC)c1)[C@H]2C. The molecule has 1 fully saturated rings. The van der Waals surface area contributed by atoms with E-state index in [1.165, 1.54) is 0 Å². The quantitative estimate of drug-likeness (QED) is 0.444. The maximum atomic E-state index is 10.8. The molecule has 2 aliphatic rings. The van der Waals surface area contributed by atoms with Crippen molar-refractivity contribution in [2.45, 2.75) is 45.5 Å². The van der Waals surface area contributed by atoms with Gasteiger partial charge in [-0.2, -0.15) is 0 Å². The number of methoxy groups -OCH3 is 2. The molecule has 1 N–H and O–H groups in total. The molecule has 3 atom stereocenters. The van der Waals surface area contributed by atoms with Gasteiger partial charge in [0.1, 0.15) is 23.4 Å². The molecule has 0 unspecified atom stereocenters. The molecule has 0 amide bonds. The van der Waals surface area contributed by atoms with Gasteiger partial charge in [0.15, 0.2) is 11.5 Å². The van der Waals surface area contributed by atoms with Gasteiger partial charge in [0.25, 0.3) is 0 Å². The van der Waals surface area contributed by atoms with Gasteiger partial charge < -0.3 is 23.7 Å². The standard InChI is InChI=1S/C23H32O5Si/c1-8-11-23-14-17(24)19(28-29(5,6)7)13-21(23)27-22(15(23)2)16-9-10-18(25-3)20(12-16)26-4/h8-10,12-13,15,22,24H,1,11,14H2,2-7H3/t15-,22-,23-/m1/s1. The zero-order valence-corrected chi connectivity index (χ0v) is 19.2. The van der Waals surface area contributed by atoms with E-state index < -0.39 is 8.32 Å². The predicted molar refractivity (Wildman–Crippen MR) is 117 cm³/mol. The summed E-state index contributed by atoms with van der Waals surface area (Å²) in [7, 11) is 1.39. The lowest BCUT2D eigenvalue weighted by Gasteiger charge is -2.35. The second-order valence-electron chi connectivity index (χ2n) is 8.80. The van der Waals surface area contributed by atoms with E-state index >= 15 is 0 Å². The van der Waals surface area contributed by atoms with Crippen LogP contribution >= 0.6 is 0 Å². The molecular formula is C23H32O5Si. The van der Waals surface area contributed by atoms with Gasteiger partial charge in [-0.25, -0.2) is 0 Å². The second-order valence-corrected chi connectivity index (χ2v) is 13.2. The van der Waals surface area contributed by atoms with Crippen LogP contribution in [0.15, 0.2) is 54.2 Å². The number of hydrogen-bond acceptors (Lipinski definition) is 5. The Labute approximate surface area is 174 Å². The van der Waals surface area contributed by atoms with Gasteiger partial charge in [0, 0.05) is 23.8 Å². The van der Waals surface area contributed by atoms with Crippen molar-refractivity contribution >= 4 is 8.32 Å². The summed E-state index contributed by atoms with van der Waals surface area (Å²) in [5.74, 6) is 3.17. The highest BCUT2D eigenvalue weighted by atomic mass is 28.4. The van der Waals surface area contributed by atoms with E-state index in [0.717, 1.165) is 11.3 Å². The van der Waals surface area contributed by atoms with Gasteiger partial charge in [0.05, 0.1) is 14.2 Å². The summed E-state index contributed by atoms with van der Waals surface area (Å²) in [6.45, 7) is 12.4. The van der Waals surface area contributed by atoms with Crippen LogP contribution in [-0.4, -0.2) is 27.6 Å². The highest BCUT2D eigenvalue weighted by Gasteiger charge is 2.54. The van der Waals surface area contributed by atoms with Crippen molar-refractivity contribution in [2.75, 3.05) is 14.2 Å². The molecule has 0 spiro atoms. The van der Waals surface area contributed by atoms with Crippen molar-refractivity contribution in [1.29, 1.82) is 0 Å². The van der Waals surface area contributed by atoms with Crippen molar-refractivity contribution in [3.05, 3.63) is 59.8 Å². The van der Waals surface area contributed by atoms with Crippen molar-refractivity contribution in [1.82, 2.24) is 0 Å². The van der Waals surface area contributed by atoms with Gasteiger partial charge in [-0.05, 0) is 43.8 Å². The molecule has 0 radical (unpaired) electrons. The lowest BCUT2D eigenvalue weighted by atomic mass is 9.67. The summed E-state index contributed by atoms with van der Waals surface area (Å²) >= 11 is 0. The van der Waals surface area contributed by atoms with Crippen LogP contribution in [0.5, 0.6) is 11.5 Å². The average Bonchev–Trinajstić information content (AvgIpc) is 2.93. The summed E-state index contributed by atoms with van der Waals surface area (Å²) in [6.07, 6.45) is 4.82. The molecule has 0 saturated carbocycles. The van der Waals surface area contributed by atoms with Gasteiger partial charge in [-0.3, -0.25) is 0 Å². The molecule has 1 aromatic rings. The summed E-state index contributed by atoms with van der Waals surface area (Å²) in [4.78, 5) is 0. The number of aliphatic hydroxyl groups excluding tert-OH is 1. The molecular weight excluding hydrogens is 384 g/mol. The second kappa shape index (κ2) is 7.82. The number of hydrogen-bond donors (Lipinski definition) is 1. The Morgan fingerprint density at radius 2 is 1.93 bits per heavy atom. The molecule has 1 aliphatic carbocycles. The van der Waals surface area contributed by atoms with Crippen molar-refractivity contribution in [3.8, 4) is 11.5 Å². The van der Waals surface area contributed by atoms with Crippen LogP contribution in [0.3, 0.4) is 0 Å². The Balaban J connectivity index is 2.00. The Kier molecular flexibility index (Phi) is 5.76. The van der Waals surface area contributed by atoms with E-state index in [9.17, 15) is 5.11 Å². The summed E-state index contributed by atoms with van der Waals surface area (Å²) in [5, 5.41) is 10.8. The summed E-state index contributed by atoms with van der Waals surface area (Å²) in [5.41, 5.74) is 0.678. The van der Waals surface area contributed by atoms with Crippen LogP contribution in [0.25, 0.3) is 0 Å². The molecule has 6 heteroatoms. The average molecular weight is 417 g/mol. The van der Waals surface area contributed by atoms with Crippen LogP contribution < -0.4 is 9.47 Å². The lowest BCUT2D eigenvalue weighted by molar-refractivity contribution is 0.135.